The molecule has 0 saturated heterocycles. The summed E-state index contributed by atoms with van der Waals surface area (Å²) in [5, 5.41) is 22.7. The normalized spacial score (nSPS) is 17.6. The molecule has 110 valence electrons. The van der Waals surface area contributed by atoms with Crippen molar-refractivity contribution in [2.75, 3.05) is 6.54 Å². The van der Waals surface area contributed by atoms with Crippen molar-refractivity contribution in [3.8, 4) is 5.75 Å². The number of benzene rings is 1. The minimum atomic E-state index is -0.719. The number of para-hydroxylation sites is 1. The van der Waals surface area contributed by atoms with E-state index >= 15 is 0 Å². The van der Waals surface area contributed by atoms with Crippen molar-refractivity contribution in [1.29, 1.82) is 0 Å². The van der Waals surface area contributed by atoms with Crippen LogP contribution in [0.2, 0.25) is 0 Å². The molecule has 20 heavy (non-hydrogen) atoms. The highest BCUT2D eigenvalue weighted by molar-refractivity contribution is 5.76. The molecule has 2 rings (SSSR count). The number of amides is 1. The van der Waals surface area contributed by atoms with Crippen molar-refractivity contribution in [2.24, 2.45) is 0 Å². The van der Waals surface area contributed by atoms with Crippen molar-refractivity contribution in [1.82, 2.24) is 5.32 Å². The molecule has 4 heteroatoms. The van der Waals surface area contributed by atoms with E-state index < -0.39 is 5.60 Å². The largest absolute Gasteiger partial charge is 0.508 e. The first-order chi connectivity index (χ1) is 9.59. The summed E-state index contributed by atoms with van der Waals surface area (Å²) < 4.78 is 0. The maximum atomic E-state index is 11.8. The Bertz CT molecular complexity index is 453. The number of nitrogens with one attached hydrogen (secondary N) is 1. The SMILES string of the molecule is O=C(CCc1ccccc1O)NCC1(O)CCCCC1. The number of aryl methyl sites for hydroxylation is 1. The molecule has 4 nitrogen and oxygen atoms in total. The fraction of sp³-hybridized carbons (Fsp3) is 0.562. The van der Waals surface area contributed by atoms with Gasteiger partial charge in [-0.05, 0) is 30.9 Å². The number of phenols is 1. The van der Waals surface area contributed by atoms with Crippen LogP contribution >= 0.6 is 0 Å². The van der Waals surface area contributed by atoms with E-state index in [-0.39, 0.29) is 11.7 Å². The van der Waals surface area contributed by atoms with E-state index in [1.54, 1.807) is 12.1 Å². The Morgan fingerprint density at radius 1 is 1.20 bits per heavy atom. The van der Waals surface area contributed by atoms with Crippen molar-refractivity contribution in [2.45, 2.75) is 50.5 Å². The third-order valence-electron chi connectivity index (χ3n) is 4.01. The summed E-state index contributed by atoms with van der Waals surface area (Å²) in [5.74, 6) is 0.151. The Morgan fingerprint density at radius 2 is 1.90 bits per heavy atom. The quantitative estimate of drug-likeness (QED) is 0.772. The average molecular weight is 277 g/mol. The number of aliphatic hydroxyl groups is 1. The fourth-order valence-electron chi connectivity index (χ4n) is 2.71. The van der Waals surface area contributed by atoms with Crippen LogP contribution in [0.5, 0.6) is 5.75 Å². The number of hydrogen-bond acceptors (Lipinski definition) is 3. The van der Waals surface area contributed by atoms with Crippen LogP contribution in [0.3, 0.4) is 0 Å². The topological polar surface area (TPSA) is 69.6 Å². The van der Waals surface area contributed by atoms with Crippen molar-refractivity contribution in [3.63, 3.8) is 0 Å². The molecule has 0 aromatic heterocycles. The molecule has 0 atom stereocenters. The van der Waals surface area contributed by atoms with Crippen LogP contribution in [0, 0.1) is 0 Å². The van der Waals surface area contributed by atoms with Gasteiger partial charge in [0.2, 0.25) is 5.91 Å². The molecule has 0 unspecified atom stereocenters. The van der Waals surface area contributed by atoms with Gasteiger partial charge in [-0.3, -0.25) is 4.79 Å². The summed E-state index contributed by atoms with van der Waals surface area (Å²) in [5.41, 5.74) is 0.0574. The fourth-order valence-corrected chi connectivity index (χ4v) is 2.71. The lowest BCUT2D eigenvalue weighted by Crippen LogP contribution is -2.44. The highest BCUT2D eigenvalue weighted by atomic mass is 16.3. The van der Waals surface area contributed by atoms with Gasteiger partial charge < -0.3 is 15.5 Å². The first-order valence-electron chi connectivity index (χ1n) is 7.35. The van der Waals surface area contributed by atoms with Crippen molar-refractivity contribution >= 4 is 5.91 Å². The molecule has 1 saturated carbocycles. The molecule has 1 fully saturated rings. The van der Waals surface area contributed by atoms with Gasteiger partial charge in [-0.1, -0.05) is 37.5 Å². The van der Waals surface area contributed by atoms with E-state index in [9.17, 15) is 15.0 Å². The minimum Gasteiger partial charge on any atom is -0.508 e. The van der Waals surface area contributed by atoms with Crippen LogP contribution in [0.1, 0.15) is 44.1 Å². The predicted molar refractivity (Wildman–Crippen MR) is 77.5 cm³/mol. The summed E-state index contributed by atoms with van der Waals surface area (Å²) in [6, 6.07) is 7.05. The first-order valence-corrected chi connectivity index (χ1v) is 7.35. The van der Waals surface area contributed by atoms with Gasteiger partial charge >= 0.3 is 0 Å². The third-order valence-corrected chi connectivity index (χ3v) is 4.01. The maximum absolute atomic E-state index is 11.8. The summed E-state index contributed by atoms with van der Waals surface area (Å²) in [6.45, 7) is 0.340. The molecule has 0 bridgehead atoms. The summed E-state index contributed by atoms with van der Waals surface area (Å²) in [7, 11) is 0. The molecule has 3 N–H and O–H groups in total. The van der Waals surface area contributed by atoms with Crippen LogP contribution in [-0.2, 0) is 11.2 Å². The van der Waals surface area contributed by atoms with E-state index in [0.29, 0.717) is 19.4 Å². The Kier molecular flexibility index (Phi) is 5.01. The van der Waals surface area contributed by atoms with E-state index in [1.807, 2.05) is 12.1 Å². The molecular formula is C16H23NO3. The Balaban J connectivity index is 1.74. The first kappa shape index (κ1) is 14.9. The van der Waals surface area contributed by atoms with Gasteiger partial charge in [-0.25, -0.2) is 0 Å². The molecule has 1 aliphatic carbocycles. The second-order valence-electron chi connectivity index (χ2n) is 5.69. The van der Waals surface area contributed by atoms with Gasteiger partial charge in [0, 0.05) is 13.0 Å². The standard InChI is InChI=1S/C16H23NO3/c18-14-7-3-2-6-13(14)8-9-15(19)17-12-16(20)10-4-1-5-11-16/h2-3,6-7,18,20H,1,4-5,8-12H2,(H,17,19). The summed E-state index contributed by atoms with van der Waals surface area (Å²) in [4.78, 5) is 11.8. The average Bonchev–Trinajstić information content (AvgIpc) is 2.45. The monoisotopic (exact) mass is 277 g/mol. The second-order valence-corrected chi connectivity index (χ2v) is 5.69. The second kappa shape index (κ2) is 6.75. The molecule has 1 aromatic rings. The van der Waals surface area contributed by atoms with Gasteiger partial charge in [0.1, 0.15) is 5.75 Å². The van der Waals surface area contributed by atoms with Crippen LogP contribution in [-0.4, -0.2) is 28.3 Å². The van der Waals surface area contributed by atoms with Crippen molar-refractivity contribution in [3.05, 3.63) is 29.8 Å². The van der Waals surface area contributed by atoms with Crippen LogP contribution in [0.15, 0.2) is 24.3 Å². The lowest BCUT2D eigenvalue weighted by atomic mass is 9.85. The lowest BCUT2D eigenvalue weighted by molar-refractivity contribution is -0.122. The summed E-state index contributed by atoms with van der Waals surface area (Å²) in [6.07, 6.45) is 5.61. The van der Waals surface area contributed by atoms with Gasteiger partial charge in [-0.15, -0.1) is 0 Å². The molecular weight excluding hydrogens is 254 g/mol. The maximum Gasteiger partial charge on any atom is 0.220 e. The number of carbonyl (C=O) groups is 1. The van der Waals surface area contributed by atoms with Gasteiger partial charge in [0.15, 0.2) is 0 Å². The van der Waals surface area contributed by atoms with Crippen LogP contribution < -0.4 is 5.32 Å². The number of carbonyl (C=O) groups excluding carboxylic acids is 1. The third kappa shape index (κ3) is 4.23. The Hall–Kier alpha value is -1.55. The predicted octanol–water partition coefficient (Wildman–Crippen LogP) is 2.14. The summed E-state index contributed by atoms with van der Waals surface area (Å²) >= 11 is 0. The number of rotatable bonds is 5. The highest BCUT2D eigenvalue weighted by Gasteiger charge is 2.29. The molecule has 0 spiro atoms. The molecule has 1 aliphatic rings. The molecule has 1 amide bonds. The number of phenolic OH excluding ortho intramolecular Hbond substituents is 1. The zero-order valence-electron chi connectivity index (χ0n) is 11.8. The van der Waals surface area contributed by atoms with Crippen molar-refractivity contribution < 1.29 is 15.0 Å². The Morgan fingerprint density at radius 3 is 2.60 bits per heavy atom. The molecule has 0 aliphatic heterocycles. The molecule has 1 aromatic carbocycles. The number of aromatic hydroxyl groups is 1. The van der Waals surface area contributed by atoms with Crippen LogP contribution in [0.4, 0.5) is 0 Å². The molecule has 0 heterocycles. The highest BCUT2D eigenvalue weighted by Crippen LogP contribution is 2.27. The molecule has 0 radical (unpaired) electrons. The zero-order chi connectivity index (χ0) is 14.4. The number of hydrogen-bond donors (Lipinski definition) is 3. The Labute approximate surface area is 119 Å². The van der Waals surface area contributed by atoms with E-state index in [1.165, 1.54) is 6.42 Å². The smallest absolute Gasteiger partial charge is 0.220 e. The van der Waals surface area contributed by atoms with E-state index in [2.05, 4.69) is 5.32 Å². The van der Waals surface area contributed by atoms with Gasteiger partial charge in [0.25, 0.3) is 0 Å². The van der Waals surface area contributed by atoms with Crippen LogP contribution in [0.25, 0.3) is 0 Å². The minimum absolute atomic E-state index is 0.0766. The van der Waals surface area contributed by atoms with Gasteiger partial charge in [0.05, 0.1) is 5.60 Å². The zero-order valence-corrected chi connectivity index (χ0v) is 11.8. The van der Waals surface area contributed by atoms with Gasteiger partial charge in [-0.2, -0.15) is 0 Å². The van der Waals surface area contributed by atoms with E-state index in [4.69, 9.17) is 0 Å². The van der Waals surface area contributed by atoms with E-state index in [0.717, 1.165) is 31.2 Å². The lowest BCUT2D eigenvalue weighted by Gasteiger charge is -2.32.